The average molecular weight is 258 g/mol. The highest BCUT2D eigenvalue weighted by Crippen LogP contribution is 2.20. The van der Waals surface area contributed by atoms with E-state index in [1.54, 1.807) is 6.07 Å². The molecular formula is C14H18N4O. The second-order valence-electron chi connectivity index (χ2n) is 4.08. The molecule has 5 nitrogen and oxygen atoms in total. The standard InChI is InChI=1S/C14H18N4O/c1-2-7-19-14-8-13(16-10-17-14)18-12-6-4-3-5-11(12)9-15/h3-6,8,10H,2,7,9,15H2,1H3,(H,16,17,18). The van der Waals surface area contributed by atoms with Crippen LogP contribution < -0.4 is 15.8 Å². The maximum absolute atomic E-state index is 5.70. The summed E-state index contributed by atoms with van der Waals surface area (Å²) in [5, 5.41) is 3.23. The number of anilines is 2. The van der Waals surface area contributed by atoms with E-state index in [4.69, 9.17) is 10.5 Å². The van der Waals surface area contributed by atoms with Crippen LogP contribution in [0.5, 0.6) is 5.88 Å². The van der Waals surface area contributed by atoms with Crippen molar-refractivity contribution in [2.24, 2.45) is 5.73 Å². The molecule has 0 unspecified atom stereocenters. The largest absolute Gasteiger partial charge is 0.478 e. The minimum atomic E-state index is 0.480. The maximum atomic E-state index is 5.70. The maximum Gasteiger partial charge on any atom is 0.218 e. The number of aromatic nitrogens is 2. The number of hydrogen-bond donors (Lipinski definition) is 2. The summed E-state index contributed by atoms with van der Waals surface area (Å²) >= 11 is 0. The lowest BCUT2D eigenvalue weighted by Crippen LogP contribution is -2.03. The van der Waals surface area contributed by atoms with Crippen molar-refractivity contribution in [3.63, 3.8) is 0 Å². The van der Waals surface area contributed by atoms with E-state index in [-0.39, 0.29) is 0 Å². The predicted octanol–water partition coefficient (Wildman–Crippen LogP) is 2.47. The number of nitrogens with two attached hydrogens (primary N) is 1. The molecule has 0 saturated carbocycles. The predicted molar refractivity (Wildman–Crippen MR) is 75.4 cm³/mol. The third-order valence-electron chi connectivity index (χ3n) is 2.60. The number of para-hydroxylation sites is 1. The number of rotatable bonds is 6. The van der Waals surface area contributed by atoms with Gasteiger partial charge in [0.1, 0.15) is 12.1 Å². The molecule has 19 heavy (non-hydrogen) atoms. The zero-order chi connectivity index (χ0) is 13.5. The SMILES string of the molecule is CCCOc1cc(Nc2ccccc2CN)ncn1. The summed E-state index contributed by atoms with van der Waals surface area (Å²) in [5.41, 5.74) is 7.69. The zero-order valence-electron chi connectivity index (χ0n) is 11.0. The van der Waals surface area contributed by atoms with E-state index in [2.05, 4.69) is 22.2 Å². The Morgan fingerprint density at radius 2 is 2.11 bits per heavy atom. The minimum Gasteiger partial charge on any atom is -0.478 e. The fourth-order valence-electron chi connectivity index (χ4n) is 1.65. The fraction of sp³-hybridized carbons (Fsp3) is 0.286. The Balaban J connectivity index is 2.14. The van der Waals surface area contributed by atoms with Crippen molar-refractivity contribution in [1.82, 2.24) is 9.97 Å². The zero-order valence-corrected chi connectivity index (χ0v) is 11.0. The lowest BCUT2D eigenvalue weighted by Gasteiger charge is -2.10. The molecule has 0 aliphatic carbocycles. The molecule has 0 atom stereocenters. The molecule has 5 heteroatoms. The van der Waals surface area contributed by atoms with Gasteiger partial charge in [-0.25, -0.2) is 9.97 Å². The van der Waals surface area contributed by atoms with Crippen molar-refractivity contribution < 1.29 is 4.74 Å². The van der Waals surface area contributed by atoms with Crippen LogP contribution in [0.3, 0.4) is 0 Å². The van der Waals surface area contributed by atoms with Crippen LogP contribution in [-0.2, 0) is 6.54 Å². The van der Waals surface area contributed by atoms with Gasteiger partial charge in [-0.3, -0.25) is 0 Å². The number of nitrogens with zero attached hydrogens (tertiary/aromatic N) is 2. The first-order valence-corrected chi connectivity index (χ1v) is 6.33. The molecule has 3 N–H and O–H groups in total. The third kappa shape index (κ3) is 3.66. The van der Waals surface area contributed by atoms with E-state index in [0.717, 1.165) is 17.7 Å². The second kappa shape index (κ2) is 6.70. The summed E-state index contributed by atoms with van der Waals surface area (Å²) in [6.45, 7) is 3.18. The van der Waals surface area contributed by atoms with Crippen LogP contribution in [0.2, 0.25) is 0 Å². The molecule has 0 saturated heterocycles. The molecule has 100 valence electrons. The lowest BCUT2D eigenvalue weighted by molar-refractivity contribution is 0.305. The summed E-state index contributed by atoms with van der Waals surface area (Å²) in [7, 11) is 0. The molecule has 0 radical (unpaired) electrons. The van der Waals surface area contributed by atoms with Gasteiger partial charge in [-0.1, -0.05) is 25.1 Å². The Labute approximate surface area is 112 Å². The van der Waals surface area contributed by atoms with Crippen molar-refractivity contribution >= 4 is 11.5 Å². The van der Waals surface area contributed by atoms with Gasteiger partial charge in [-0.15, -0.1) is 0 Å². The first-order chi connectivity index (χ1) is 9.33. The van der Waals surface area contributed by atoms with Gasteiger partial charge in [0.2, 0.25) is 5.88 Å². The highest BCUT2D eigenvalue weighted by Gasteiger charge is 2.03. The van der Waals surface area contributed by atoms with Gasteiger partial charge >= 0.3 is 0 Å². The summed E-state index contributed by atoms with van der Waals surface area (Å²) in [6.07, 6.45) is 2.43. The van der Waals surface area contributed by atoms with Crippen LogP contribution in [0, 0.1) is 0 Å². The Bertz CT molecular complexity index is 530. The van der Waals surface area contributed by atoms with Crippen LogP contribution in [0.4, 0.5) is 11.5 Å². The van der Waals surface area contributed by atoms with Gasteiger partial charge in [0.15, 0.2) is 0 Å². The van der Waals surface area contributed by atoms with Gasteiger partial charge < -0.3 is 15.8 Å². The van der Waals surface area contributed by atoms with Crippen molar-refractivity contribution in [3.8, 4) is 5.88 Å². The quantitative estimate of drug-likeness (QED) is 0.832. The molecule has 1 aromatic carbocycles. The topological polar surface area (TPSA) is 73.1 Å². The summed E-state index contributed by atoms with van der Waals surface area (Å²) < 4.78 is 5.47. The number of benzene rings is 1. The van der Waals surface area contributed by atoms with Crippen LogP contribution in [0.15, 0.2) is 36.7 Å². The van der Waals surface area contributed by atoms with Crippen molar-refractivity contribution in [2.75, 3.05) is 11.9 Å². The Kier molecular flexibility index (Phi) is 4.69. The van der Waals surface area contributed by atoms with E-state index in [0.29, 0.717) is 24.8 Å². The monoisotopic (exact) mass is 258 g/mol. The number of nitrogens with one attached hydrogen (secondary N) is 1. The molecule has 0 spiro atoms. The average Bonchev–Trinajstić information content (AvgIpc) is 2.46. The van der Waals surface area contributed by atoms with Gasteiger partial charge in [-0.2, -0.15) is 0 Å². The number of ether oxygens (including phenoxy) is 1. The molecule has 0 aliphatic heterocycles. The van der Waals surface area contributed by atoms with Crippen LogP contribution >= 0.6 is 0 Å². The van der Waals surface area contributed by atoms with Gasteiger partial charge in [0.05, 0.1) is 6.61 Å². The summed E-state index contributed by atoms with van der Waals surface area (Å²) in [6, 6.07) is 9.65. The van der Waals surface area contributed by atoms with Crippen molar-refractivity contribution in [3.05, 3.63) is 42.2 Å². The second-order valence-corrected chi connectivity index (χ2v) is 4.08. The van der Waals surface area contributed by atoms with Crippen LogP contribution in [0.25, 0.3) is 0 Å². The van der Waals surface area contributed by atoms with E-state index in [1.807, 2.05) is 24.3 Å². The lowest BCUT2D eigenvalue weighted by atomic mass is 10.2. The Morgan fingerprint density at radius 1 is 1.26 bits per heavy atom. The van der Waals surface area contributed by atoms with Crippen molar-refractivity contribution in [1.29, 1.82) is 0 Å². The molecule has 0 aliphatic rings. The molecule has 2 rings (SSSR count). The normalized spacial score (nSPS) is 10.2. The molecule has 1 heterocycles. The third-order valence-corrected chi connectivity index (χ3v) is 2.60. The molecule has 0 fully saturated rings. The molecule has 0 amide bonds. The van der Waals surface area contributed by atoms with Crippen molar-refractivity contribution in [2.45, 2.75) is 19.9 Å². The Morgan fingerprint density at radius 3 is 2.89 bits per heavy atom. The van der Waals surface area contributed by atoms with Gasteiger partial charge in [-0.05, 0) is 18.1 Å². The fourth-order valence-corrected chi connectivity index (χ4v) is 1.65. The highest BCUT2D eigenvalue weighted by atomic mass is 16.5. The highest BCUT2D eigenvalue weighted by molar-refractivity contribution is 5.60. The molecule has 2 aromatic rings. The first-order valence-electron chi connectivity index (χ1n) is 6.33. The smallest absolute Gasteiger partial charge is 0.218 e. The molecular weight excluding hydrogens is 240 g/mol. The van der Waals surface area contributed by atoms with E-state index < -0.39 is 0 Å². The van der Waals surface area contributed by atoms with E-state index >= 15 is 0 Å². The first kappa shape index (κ1) is 13.3. The molecule has 1 aromatic heterocycles. The summed E-state index contributed by atoms with van der Waals surface area (Å²) in [4.78, 5) is 8.24. The van der Waals surface area contributed by atoms with E-state index in [1.165, 1.54) is 6.33 Å². The van der Waals surface area contributed by atoms with Gasteiger partial charge in [0.25, 0.3) is 0 Å². The van der Waals surface area contributed by atoms with Gasteiger partial charge in [0, 0.05) is 18.3 Å². The minimum absolute atomic E-state index is 0.480. The molecule has 0 bridgehead atoms. The van der Waals surface area contributed by atoms with E-state index in [9.17, 15) is 0 Å². The number of hydrogen-bond acceptors (Lipinski definition) is 5. The Hall–Kier alpha value is -2.14. The van der Waals surface area contributed by atoms with Crippen LogP contribution in [0.1, 0.15) is 18.9 Å². The van der Waals surface area contributed by atoms with Crippen LogP contribution in [-0.4, -0.2) is 16.6 Å². The summed E-state index contributed by atoms with van der Waals surface area (Å²) in [5.74, 6) is 1.27.